The number of benzene rings is 2. The SMILES string of the molecule is C.CC[C@@H]1C(=O)N(C)c2cnc(-c3cccc(S(C)(=O)=O)c3)nc2N1C1CCCC1.CC[C@@H]1C(=O)N(C)c2cnc(Cl)nc2N1C1CCCC1.CS(=O)(=O)c1cccc(B(O)O)c1. The van der Waals surface area contributed by atoms with Gasteiger partial charge >= 0.3 is 7.12 Å². The first-order valence-electron chi connectivity index (χ1n) is 20.8. The monoisotopic (exact) mass is 924 g/mol. The molecule has 340 valence electrons. The number of hydrogen-bond donors (Lipinski definition) is 2. The third-order valence-electron chi connectivity index (χ3n) is 11.9. The third kappa shape index (κ3) is 10.8. The van der Waals surface area contributed by atoms with E-state index < -0.39 is 26.8 Å². The molecule has 2 aliphatic heterocycles. The molecule has 2 aliphatic carbocycles. The molecule has 0 bridgehead atoms. The molecule has 2 atom stereocenters. The Kier molecular flexibility index (Phi) is 16.0. The average Bonchev–Trinajstić information content (AvgIpc) is 3.99. The molecule has 16 nitrogen and oxygen atoms in total. The zero-order valence-electron chi connectivity index (χ0n) is 35.8. The van der Waals surface area contributed by atoms with Gasteiger partial charge in [-0.05, 0) is 79.9 Å². The first kappa shape index (κ1) is 49.3. The van der Waals surface area contributed by atoms with Crippen molar-refractivity contribution in [3.63, 3.8) is 0 Å². The van der Waals surface area contributed by atoms with Crippen LogP contribution >= 0.6 is 11.6 Å². The number of aromatic nitrogens is 4. The minimum absolute atomic E-state index is 0. The summed E-state index contributed by atoms with van der Waals surface area (Å²) in [4.78, 5) is 51.3. The van der Waals surface area contributed by atoms with Crippen LogP contribution in [0.15, 0.2) is 70.7 Å². The van der Waals surface area contributed by atoms with Gasteiger partial charge in [-0.1, -0.05) is 71.2 Å². The van der Waals surface area contributed by atoms with E-state index in [1.54, 1.807) is 54.5 Å². The van der Waals surface area contributed by atoms with Crippen molar-refractivity contribution >= 4 is 78.7 Å². The summed E-state index contributed by atoms with van der Waals surface area (Å²) < 4.78 is 46.0. The second kappa shape index (κ2) is 20.4. The van der Waals surface area contributed by atoms with E-state index in [9.17, 15) is 26.4 Å². The lowest BCUT2D eigenvalue weighted by atomic mass is 9.80. The van der Waals surface area contributed by atoms with Gasteiger partial charge in [0.25, 0.3) is 0 Å². The predicted octanol–water partition coefficient (Wildman–Crippen LogP) is 5.09. The molecule has 2 fully saturated rings. The molecule has 63 heavy (non-hydrogen) atoms. The fraction of sp³-hybridized carbons (Fsp3) is 0.488. The van der Waals surface area contributed by atoms with E-state index >= 15 is 0 Å². The quantitative estimate of drug-likeness (QED) is 0.174. The molecule has 4 aromatic rings. The van der Waals surface area contributed by atoms with E-state index in [1.807, 2.05) is 19.9 Å². The second-order valence-corrected chi connectivity index (χ2v) is 20.5. The van der Waals surface area contributed by atoms with Crippen LogP contribution in [0.25, 0.3) is 11.4 Å². The molecule has 8 rings (SSSR count). The first-order chi connectivity index (χ1) is 29.3. The molecule has 2 amide bonds. The Morgan fingerprint density at radius 3 is 1.60 bits per heavy atom. The van der Waals surface area contributed by atoms with Gasteiger partial charge in [0.15, 0.2) is 37.1 Å². The third-order valence-corrected chi connectivity index (χ3v) is 14.3. The predicted molar refractivity (Wildman–Crippen MR) is 248 cm³/mol. The minimum atomic E-state index is -3.32. The minimum Gasteiger partial charge on any atom is -0.423 e. The number of amides is 2. The summed E-state index contributed by atoms with van der Waals surface area (Å²) in [5.41, 5.74) is 2.28. The van der Waals surface area contributed by atoms with Crippen LogP contribution in [0.1, 0.15) is 85.5 Å². The number of sulfone groups is 2. The maximum atomic E-state index is 13.0. The van der Waals surface area contributed by atoms with Gasteiger partial charge in [-0.3, -0.25) is 9.59 Å². The average molecular weight is 925 g/mol. The highest BCUT2D eigenvalue weighted by Crippen LogP contribution is 2.41. The van der Waals surface area contributed by atoms with Crippen LogP contribution < -0.4 is 25.1 Å². The van der Waals surface area contributed by atoms with Gasteiger partial charge in [0, 0.05) is 44.3 Å². The van der Waals surface area contributed by atoms with Crippen LogP contribution in [0.3, 0.4) is 0 Å². The van der Waals surface area contributed by atoms with Crippen molar-refractivity contribution in [3.8, 4) is 11.4 Å². The normalized spacial score (nSPS) is 19.1. The lowest BCUT2D eigenvalue weighted by molar-refractivity contribution is -0.120. The van der Waals surface area contributed by atoms with Gasteiger partial charge in [-0.15, -0.1) is 0 Å². The lowest BCUT2D eigenvalue weighted by Gasteiger charge is -2.43. The lowest BCUT2D eigenvalue weighted by Crippen LogP contribution is -2.55. The van der Waals surface area contributed by atoms with Crippen LogP contribution in [0, 0.1) is 0 Å². The van der Waals surface area contributed by atoms with E-state index in [0.29, 0.717) is 35.6 Å². The molecule has 20 heteroatoms. The Balaban J connectivity index is 0.000000191. The molecule has 2 aromatic heterocycles. The zero-order chi connectivity index (χ0) is 45.1. The smallest absolute Gasteiger partial charge is 0.423 e. The van der Waals surface area contributed by atoms with E-state index in [0.717, 1.165) is 68.5 Å². The van der Waals surface area contributed by atoms with E-state index in [2.05, 4.69) is 24.8 Å². The number of carbonyl (C=O) groups excluding carboxylic acids is 2. The summed E-state index contributed by atoms with van der Waals surface area (Å²) in [7, 11) is -4.69. The maximum absolute atomic E-state index is 13.0. The number of rotatable bonds is 8. The van der Waals surface area contributed by atoms with Crippen molar-refractivity contribution in [2.75, 3.05) is 46.2 Å². The topological polar surface area (TPSA) is 207 Å². The molecule has 0 radical (unpaired) electrons. The van der Waals surface area contributed by atoms with Gasteiger partial charge in [0.05, 0.1) is 22.2 Å². The van der Waals surface area contributed by atoms with Gasteiger partial charge < -0.3 is 29.6 Å². The highest BCUT2D eigenvalue weighted by atomic mass is 35.5. The van der Waals surface area contributed by atoms with Gasteiger partial charge in [0.1, 0.15) is 23.5 Å². The van der Waals surface area contributed by atoms with Crippen molar-refractivity contribution in [1.29, 1.82) is 0 Å². The first-order valence-corrected chi connectivity index (χ1v) is 25.0. The zero-order valence-corrected chi connectivity index (χ0v) is 38.2. The van der Waals surface area contributed by atoms with Gasteiger partial charge in [0.2, 0.25) is 17.1 Å². The standard InChI is InChI=1S/C21H26N4O3S.C14H19ClN4O.C7H9BO4S.CH4/c1-4-17-21(26)24(2)18-13-22-19(14-8-7-11-16(12-14)29(3,27)28)23-20(18)25(17)15-9-5-6-10-15;1-3-10-13(20)18(2)11-8-16-14(15)17-12(11)19(10)9-6-4-5-7-9;1-13(11,12)7-4-2-3-6(5-7)8(9)10;/h7-8,11-13,15,17H,4-6,9-10H2,1-3H3;8-10H,3-7H2,1-2H3;2-5,9-10H,1H3;1H4/t17-;10-;;/m11../s1. The number of hydrogen-bond acceptors (Lipinski definition) is 14. The summed E-state index contributed by atoms with van der Waals surface area (Å²) >= 11 is 5.97. The fourth-order valence-electron chi connectivity index (χ4n) is 8.66. The molecule has 2 saturated carbocycles. The van der Waals surface area contributed by atoms with Crippen LogP contribution in [0.4, 0.5) is 23.0 Å². The molecule has 0 spiro atoms. The van der Waals surface area contributed by atoms with Crippen molar-refractivity contribution < 1.29 is 36.5 Å². The van der Waals surface area contributed by atoms with E-state index in [1.165, 1.54) is 43.4 Å². The van der Waals surface area contributed by atoms with Gasteiger partial charge in [-0.25, -0.2) is 31.8 Å². The van der Waals surface area contributed by atoms with Gasteiger partial charge in [-0.2, -0.15) is 4.98 Å². The van der Waals surface area contributed by atoms with Crippen molar-refractivity contribution in [2.24, 2.45) is 0 Å². The van der Waals surface area contributed by atoms with Crippen molar-refractivity contribution in [3.05, 3.63) is 66.2 Å². The Morgan fingerprint density at radius 2 is 1.14 bits per heavy atom. The number of halogens is 1. The van der Waals surface area contributed by atoms with Crippen LogP contribution in [-0.2, 0) is 29.3 Å². The number of nitrogens with zero attached hydrogens (tertiary/aromatic N) is 8. The van der Waals surface area contributed by atoms with Crippen molar-refractivity contribution in [2.45, 2.75) is 119 Å². The van der Waals surface area contributed by atoms with E-state index in [4.69, 9.17) is 26.6 Å². The molecule has 2 N–H and O–H groups in total. The second-order valence-electron chi connectivity index (χ2n) is 16.1. The largest absolute Gasteiger partial charge is 0.488 e. The number of fused-ring (bicyclic) bond motifs is 2. The van der Waals surface area contributed by atoms with Crippen molar-refractivity contribution in [1.82, 2.24) is 19.9 Å². The van der Waals surface area contributed by atoms with Crippen LogP contribution in [-0.4, -0.2) is 117 Å². The Bertz CT molecular complexity index is 2510. The van der Waals surface area contributed by atoms with Crippen LogP contribution in [0.5, 0.6) is 0 Å². The summed E-state index contributed by atoms with van der Waals surface area (Å²) in [6.45, 7) is 4.08. The Hall–Kier alpha value is -4.69. The fourth-order valence-corrected chi connectivity index (χ4v) is 10.1. The molecule has 0 unspecified atom stereocenters. The molecular weight excluding hydrogens is 867 g/mol. The Labute approximate surface area is 376 Å². The van der Waals surface area contributed by atoms with E-state index in [-0.39, 0.29) is 51.9 Å². The number of carbonyl (C=O) groups is 2. The highest BCUT2D eigenvalue weighted by Gasteiger charge is 2.42. The highest BCUT2D eigenvalue weighted by molar-refractivity contribution is 7.91. The molecule has 4 heterocycles. The molecule has 4 aliphatic rings. The number of anilines is 4. The molecule has 2 aromatic carbocycles. The summed E-state index contributed by atoms with van der Waals surface area (Å²) in [6.07, 6.45) is 16.2. The molecular formula is C43H58BClN8O8S2. The Morgan fingerprint density at radius 1 is 0.698 bits per heavy atom. The summed E-state index contributed by atoms with van der Waals surface area (Å²) in [5, 5.41) is 17.8. The molecule has 0 saturated heterocycles. The summed E-state index contributed by atoms with van der Waals surface area (Å²) in [6, 6.07) is 12.5. The van der Waals surface area contributed by atoms with Crippen LogP contribution in [0.2, 0.25) is 5.28 Å². The summed E-state index contributed by atoms with van der Waals surface area (Å²) in [5.74, 6) is 2.24. The number of likely N-dealkylation sites (N-methyl/N-ethyl adjacent to an activating group) is 2. The maximum Gasteiger partial charge on any atom is 0.488 e.